The van der Waals surface area contributed by atoms with Crippen molar-refractivity contribution in [3.63, 3.8) is 0 Å². The lowest BCUT2D eigenvalue weighted by molar-refractivity contribution is -0.120. The minimum absolute atomic E-state index is 0.119. The molecule has 1 amide bonds. The van der Waals surface area contributed by atoms with Gasteiger partial charge in [0.05, 0.1) is 6.54 Å². The Morgan fingerprint density at radius 3 is 2.62 bits per heavy atom. The molecule has 0 atom stereocenters. The number of carbonyl (C=O) groups is 1. The summed E-state index contributed by atoms with van der Waals surface area (Å²) in [6, 6.07) is 13.8. The van der Waals surface area contributed by atoms with Crippen LogP contribution in [0.3, 0.4) is 0 Å². The van der Waals surface area contributed by atoms with Crippen LogP contribution >= 0.6 is 11.6 Å². The molecule has 0 unspecified atom stereocenters. The van der Waals surface area contributed by atoms with E-state index in [1.54, 1.807) is 0 Å². The molecule has 0 aliphatic carbocycles. The number of carbonyl (C=O) groups excluding carboxylic acids is 1. The highest BCUT2D eigenvalue weighted by Crippen LogP contribution is 2.16. The molecule has 0 spiro atoms. The van der Waals surface area contributed by atoms with Crippen LogP contribution in [0.15, 0.2) is 48.5 Å². The number of hydrogen-bond donors (Lipinski definition) is 2. The lowest BCUT2D eigenvalue weighted by Crippen LogP contribution is -2.33. The van der Waals surface area contributed by atoms with E-state index in [2.05, 4.69) is 10.6 Å². The first-order chi connectivity index (χ1) is 10.1. The van der Waals surface area contributed by atoms with Crippen molar-refractivity contribution >= 4 is 17.5 Å². The van der Waals surface area contributed by atoms with Gasteiger partial charge in [-0.2, -0.15) is 0 Å². The van der Waals surface area contributed by atoms with Crippen LogP contribution in [0.25, 0.3) is 0 Å². The third-order valence-electron chi connectivity index (χ3n) is 2.94. The van der Waals surface area contributed by atoms with Gasteiger partial charge in [0.2, 0.25) is 5.91 Å². The fraction of sp³-hybridized carbons (Fsp3) is 0.188. The molecule has 0 aliphatic rings. The largest absolute Gasteiger partial charge is 0.351 e. The number of benzene rings is 2. The quantitative estimate of drug-likeness (QED) is 0.861. The number of hydrogen-bond acceptors (Lipinski definition) is 2. The normalized spacial score (nSPS) is 10.4. The number of halogens is 2. The maximum atomic E-state index is 13.1. The van der Waals surface area contributed by atoms with Crippen molar-refractivity contribution in [2.75, 3.05) is 6.54 Å². The van der Waals surface area contributed by atoms with Crippen LogP contribution in [0.2, 0.25) is 5.02 Å². The summed E-state index contributed by atoms with van der Waals surface area (Å²) in [7, 11) is 0. The highest BCUT2D eigenvalue weighted by molar-refractivity contribution is 6.31. The van der Waals surface area contributed by atoms with Crippen LogP contribution in [-0.2, 0) is 17.9 Å². The van der Waals surface area contributed by atoms with Crippen molar-refractivity contribution in [3.05, 3.63) is 70.5 Å². The Morgan fingerprint density at radius 2 is 1.86 bits per heavy atom. The van der Waals surface area contributed by atoms with E-state index in [1.165, 1.54) is 18.2 Å². The van der Waals surface area contributed by atoms with Crippen molar-refractivity contribution in [1.82, 2.24) is 10.6 Å². The monoisotopic (exact) mass is 306 g/mol. The first kappa shape index (κ1) is 15.5. The van der Waals surface area contributed by atoms with E-state index in [1.807, 2.05) is 30.3 Å². The molecule has 110 valence electrons. The van der Waals surface area contributed by atoms with E-state index in [0.717, 1.165) is 5.56 Å². The van der Waals surface area contributed by atoms with Crippen LogP contribution in [0, 0.1) is 5.82 Å². The molecule has 0 bridgehead atoms. The van der Waals surface area contributed by atoms with Crippen molar-refractivity contribution in [2.24, 2.45) is 0 Å². The van der Waals surface area contributed by atoms with Crippen LogP contribution in [-0.4, -0.2) is 12.5 Å². The zero-order chi connectivity index (χ0) is 15.1. The second-order valence-electron chi connectivity index (χ2n) is 4.60. The Morgan fingerprint density at radius 1 is 1.10 bits per heavy atom. The second kappa shape index (κ2) is 7.76. The number of rotatable bonds is 6. The van der Waals surface area contributed by atoms with E-state index in [0.29, 0.717) is 23.7 Å². The fourth-order valence-corrected chi connectivity index (χ4v) is 2.03. The summed E-state index contributed by atoms with van der Waals surface area (Å²) in [5.41, 5.74) is 1.67. The molecule has 2 rings (SSSR count). The van der Waals surface area contributed by atoms with Gasteiger partial charge in [-0.05, 0) is 29.3 Å². The molecule has 0 fully saturated rings. The summed E-state index contributed by atoms with van der Waals surface area (Å²) in [6.07, 6.45) is 0. The Kier molecular flexibility index (Phi) is 5.72. The van der Waals surface area contributed by atoms with Gasteiger partial charge < -0.3 is 10.6 Å². The van der Waals surface area contributed by atoms with E-state index in [-0.39, 0.29) is 18.3 Å². The van der Waals surface area contributed by atoms with Gasteiger partial charge >= 0.3 is 0 Å². The number of nitrogens with one attached hydrogen (secondary N) is 2. The highest BCUT2D eigenvalue weighted by atomic mass is 35.5. The highest BCUT2D eigenvalue weighted by Gasteiger charge is 2.04. The fourth-order valence-electron chi connectivity index (χ4n) is 1.85. The molecule has 0 saturated carbocycles. The van der Waals surface area contributed by atoms with E-state index in [9.17, 15) is 9.18 Å². The zero-order valence-electron chi connectivity index (χ0n) is 11.4. The van der Waals surface area contributed by atoms with Crippen molar-refractivity contribution in [2.45, 2.75) is 13.1 Å². The van der Waals surface area contributed by atoms with Crippen LogP contribution in [0.4, 0.5) is 4.39 Å². The smallest absolute Gasteiger partial charge is 0.234 e. The zero-order valence-corrected chi connectivity index (χ0v) is 12.2. The lowest BCUT2D eigenvalue weighted by Gasteiger charge is -2.08. The minimum Gasteiger partial charge on any atom is -0.351 e. The molecule has 0 heterocycles. The van der Waals surface area contributed by atoms with Gasteiger partial charge in [-0.1, -0.05) is 41.9 Å². The summed E-state index contributed by atoms with van der Waals surface area (Å²) >= 11 is 5.95. The van der Waals surface area contributed by atoms with E-state index in [4.69, 9.17) is 11.6 Å². The average Bonchev–Trinajstić information content (AvgIpc) is 2.50. The van der Waals surface area contributed by atoms with Crippen LogP contribution in [0.5, 0.6) is 0 Å². The van der Waals surface area contributed by atoms with Crippen molar-refractivity contribution < 1.29 is 9.18 Å². The van der Waals surface area contributed by atoms with Crippen molar-refractivity contribution in [3.8, 4) is 0 Å². The molecule has 2 aromatic rings. The van der Waals surface area contributed by atoms with Gasteiger partial charge in [-0.15, -0.1) is 0 Å². The van der Waals surface area contributed by atoms with Gasteiger partial charge in [0.15, 0.2) is 0 Å². The Balaban J connectivity index is 1.73. The lowest BCUT2D eigenvalue weighted by atomic mass is 10.2. The first-order valence-corrected chi connectivity index (χ1v) is 6.98. The van der Waals surface area contributed by atoms with E-state index < -0.39 is 0 Å². The molecule has 0 saturated heterocycles. The molecule has 2 aromatic carbocycles. The van der Waals surface area contributed by atoms with Crippen LogP contribution in [0.1, 0.15) is 11.1 Å². The Bertz CT molecular complexity index is 604. The predicted molar refractivity (Wildman–Crippen MR) is 81.4 cm³/mol. The standard InChI is InChI=1S/C16H16ClFN2O/c17-15-7-6-14(18)8-13(15)10-19-11-16(21)20-9-12-4-2-1-3-5-12/h1-8,19H,9-11H2,(H,20,21). The Labute approximate surface area is 128 Å². The first-order valence-electron chi connectivity index (χ1n) is 6.60. The van der Waals surface area contributed by atoms with Gasteiger partial charge in [-0.25, -0.2) is 4.39 Å². The molecular weight excluding hydrogens is 291 g/mol. The summed E-state index contributed by atoms with van der Waals surface area (Å²) < 4.78 is 13.1. The predicted octanol–water partition coefficient (Wildman–Crippen LogP) is 2.89. The molecule has 3 nitrogen and oxygen atoms in total. The molecule has 0 aromatic heterocycles. The van der Waals surface area contributed by atoms with Gasteiger partial charge in [-0.3, -0.25) is 4.79 Å². The maximum Gasteiger partial charge on any atom is 0.234 e. The number of amides is 1. The third kappa shape index (κ3) is 5.17. The molecular formula is C16H16ClFN2O. The maximum absolute atomic E-state index is 13.1. The van der Waals surface area contributed by atoms with Crippen molar-refractivity contribution in [1.29, 1.82) is 0 Å². The molecule has 2 N–H and O–H groups in total. The second-order valence-corrected chi connectivity index (χ2v) is 5.01. The van der Waals surface area contributed by atoms with E-state index >= 15 is 0 Å². The minimum atomic E-state index is -0.343. The molecule has 21 heavy (non-hydrogen) atoms. The topological polar surface area (TPSA) is 41.1 Å². The molecule has 5 heteroatoms. The summed E-state index contributed by atoms with van der Waals surface area (Å²) in [4.78, 5) is 11.7. The van der Waals surface area contributed by atoms with Gasteiger partial charge in [0.25, 0.3) is 0 Å². The summed E-state index contributed by atoms with van der Waals surface area (Å²) in [5.74, 6) is -0.462. The van der Waals surface area contributed by atoms with Crippen LogP contribution < -0.4 is 10.6 Å². The molecule has 0 radical (unpaired) electrons. The van der Waals surface area contributed by atoms with Gasteiger partial charge in [0, 0.05) is 18.1 Å². The summed E-state index contributed by atoms with van der Waals surface area (Å²) in [5, 5.41) is 6.23. The molecule has 0 aliphatic heterocycles. The SMILES string of the molecule is O=C(CNCc1cc(F)ccc1Cl)NCc1ccccc1. The Hall–Kier alpha value is -1.91. The average molecular weight is 307 g/mol. The third-order valence-corrected chi connectivity index (χ3v) is 3.31. The van der Waals surface area contributed by atoms with Gasteiger partial charge in [0.1, 0.15) is 5.82 Å². The summed E-state index contributed by atoms with van der Waals surface area (Å²) in [6.45, 7) is 0.983.